The number of amides is 1. The number of aliphatic carboxylic acids is 1. The molecule has 0 atom stereocenters. The minimum Gasteiger partial charge on any atom is -0.481 e. The molecule has 1 saturated carbocycles. The lowest BCUT2D eigenvalue weighted by atomic mass is 9.93. The van der Waals surface area contributed by atoms with E-state index < -0.39 is 5.97 Å². The lowest BCUT2D eigenvalue weighted by Gasteiger charge is -2.26. The molecule has 1 heterocycles. The Kier molecular flexibility index (Phi) is 4.21. The van der Waals surface area contributed by atoms with Crippen LogP contribution in [0.25, 0.3) is 0 Å². The average molecular weight is 267 g/mol. The van der Waals surface area contributed by atoms with Crippen molar-refractivity contribution in [2.45, 2.75) is 44.2 Å². The Labute approximate surface area is 110 Å². The van der Waals surface area contributed by atoms with Gasteiger partial charge in [0.2, 0.25) is 0 Å². The lowest BCUT2D eigenvalue weighted by molar-refractivity contribution is -0.136. The fourth-order valence-electron chi connectivity index (χ4n) is 2.30. The molecule has 0 saturated heterocycles. The zero-order chi connectivity index (χ0) is 13.8. The highest BCUT2D eigenvalue weighted by atomic mass is 16.4. The topological polar surface area (TPSA) is 99.8 Å². The number of nitrogens with one attached hydrogen (secondary N) is 1. The van der Waals surface area contributed by atoms with E-state index in [0.717, 1.165) is 12.8 Å². The van der Waals surface area contributed by atoms with Crippen molar-refractivity contribution in [3.05, 3.63) is 23.7 Å². The van der Waals surface area contributed by atoms with E-state index in [2.05, 4.69) is 5.32 Å². The highest BCUT2D eigenvalue weighted by Crippen LogP contribution is 2.19. The van der Waals surface area contributed by atoms with Crippen LogP contribution in [0.2, 0.25) is 0 Å². The van der Waals surface area contributed by atoms with Gasteiger partial charge in [-0.25, -0.2) is 0 Å². The van der Waals surface area contributed by atoms with Crippen LogP contribution in [0.15, 0.2) is 16.7 Å². The molecule has 1 fully saturated rings. The Morgan fingerprint density at radius 1 is 1.32 bits per heavy atom. The van der Waals surface area contributed by atoms with Crippen LogP contribution in [0.3, 0.4) is 0 Å². The first-order valence-electron chi connectivity index (χ1n) is 6.33. The second-order valence-corrected chi connectivity index (χ2v) is 4.81. The van der Waals surface area contributed by atoms with Gasteiger partial charge in [-0.3, -0.25) is 9.59 Å². The Balaban J connectivity index is 1.96. The molecule has 1 aromatic rings. The summed E-state index contributed by atoms with van der Waals surface area (Å²) in [5.74, 6) is -1.18. The fraction of sp³-hybridized carbons (Fsp3) is 0.538. The smallest absolute Gasteiger partial charge is 0.311 e. The van der Waals surface area contributed by atoms with Crippen LogP contribution >= 0.6 is 0 Å². The van der Waals surface area contributed by atoms with Crippen molar-refractivity contribution in [2.24, 2.45) is 0 Å². The van der Waals surface area contributed by atoms with Crippen LogP contribution in [0, 0.1) is 0 Å². The summed E-state index contributed by atoms with van der Waals surface area (Å²) < 4.78 is 5.02. The standard InChI is InChI=1S/C13H17NO5/c15-9-3-1-8(2-4-9)14-13(18)10-5-6-19-11(10)7-12(16)17/h5-6,8-9,15H,1-4,7H2,(H,14,18)(H,16,17). The van der Waals surface area contributed by atoms with Gasteiger partial charge in [-0.05, 0) is 31.7 Å². The monoisotopic (exact) mass is 267 g/mol. The number of hydrogen-bond donors (Lipinski definition) is 3. The van der Waals surface area contributed by atoms with Gasteiger partial charge < -0.3 is 19.9 Å². The summed E-state index contributed by atoms with van der Waals surface area (Å²) in [6, 6.07) is 1.51. The van der Waals surface area contributed by atoms with Gasteiger partial charge in [-0.15, -0.1) is 0 Å². The van der Waals surface area contributed by atoms with E-state index in [9.17, 15) is 14.7 Å². The van der Waals surface area contributed by atoms with Gasteiger partial charge in [0.05, 0.1) is 17.9 Å². The van der Waals surface area contributed by atoms with Crippen LogP contribution in [-0.2, 0) is 11.2 Å². The fourth-order valence-corrected chi connectivity index (χ4v) is 2.30. The molecule has 0 spiro atoms. The Morgan fingerprint density at radius 2 is 2.00 bits per heavy atom. The number of rotatable bonds is 4. The number of aliphatic hydroxyl groups excluding tert-OH is 1. The zero-order valence-corrected chi connectivity index (χ0v) is 10.5. The van der Waals surface area contributed by atoms with Crippen molar-refractivity contribution in [2.75, 3.05) is 0 Å². The van der Waals surface area contributed by atoms with E-state index in [-0.39, 0.29) is 35.8 Å². The maximum atomic E-state index is 12.0. The number of carbonyl (C=O) groups excluding carboxylic acids is 1. The second kappa shape index (κ2) is 5.88. The first kappa shape index (κ1) is 13.6. The number of hydrogen-bond acceptors (Lipinski definition) is 4. The third kappa shape index (κ3) is 3.57. The summed E-state index contributed by atoms with van der Waals surface area (Å²) in [5, 5.41) is 21.0. The van der Waals surface area contributed by atoms with Gasteiger partial charge in [0.15, 0.2) is 0 Å². The minimum absolute atomic E-state index is 0.0310. The summed E-state index contributed by atoms with van der Waals surface area (Å²) in [7, 11) is 0. The molecule has 0 radical (unpaired) electrons. The molecule has 3 N–H and O–H groups in total. The van der Waals surface area contributed by atoms with Crippen molar-refractivity contribution < 1.29 is 24.2 Å². The van der Waals surface area contributed by atoms with Gasteiger partial charge in [-0.1, -0.05) is 0 Å². The quantitative estimate of drug-likeness (QED) is 0.754. The maximum Gasteiger partial charge on any atom is 0.311 e. The summed E-state index contributed by atoms with van der Waals surface area (Å²) >= 11 is 0. The van der Waals surface area contributed by atoms with E-state index in [1.54, 1.807) is 0 Å². The molecule has 1 aliphatic rings. The Morgan fingerprint density at radius 3 is 2.63 bits per heavy atom. The highest BCUT2D eigenvalue weighted by molar-refractivity contribution is 5.96. The van der Waals surface area contributed by atoms with Gasteiger partial charge in [0.1, 0.15) is 12.2 Å². The molecule has 104 valence electrons. The molecule has 0 aromatic carbocycles. The zero-order valence-electron chi connectivity index (χ0n) is 10.5. The molecular formula is C13H17NO5. The summed E-state index contributed by atoms with van der Waals surface area (Å²) in [4.78, 5) is 22.7. The number of carbonyl (C=O) groups is 2. The molecule has 19 heavy (non-hydrogen) atoms. The number of aliphatic hydroxyl groups is 1. The maximum absolute atomic E-state index is 12.0. The normalized spacial score (nSPS) is 23.0. The predicted molar refractivity (Wildman–Crippen MR) is 65.8 cm³/mol. The van der Waals surface area contributed by atoms with Gasteiger partial charge in [0.25, 0.3) is 5.91 Å². The average Bonchev–Trinajstić information content (AvgIpc) is 2.79. The van der Waals surface area contributed by atoms with Crippen molar-refractivity contribution in [1.29, 1.82) is 0 Å². The van der Waals surface area contributed by atoms with Crippen LogP contribution in [-0.4, -0.2) is 34.2 Å². The Bertz CT molecular complexity index is 459. The molecule has 2 rings (SSSR count). The molecule has 0 bridgehead atoms. The minimum atomic E-state index is -1.04. The third-order valence-corrected chi connectivity index (χ3v) is 3.33. The van der Waals surface area contributed by atoms with E-state index in [0.29, 0.717) is 12.8 Å². The van der Waals surface area contributed by atoms with Crippen molar-refractivity contribution in [3.63, 3.8) is 0 Å². The first-order valence-corrected chi connectivity index (χ1v) is 6.33. The van der Waals surface area contributed by atoms with E-state index in [1.165, 1.54) is 12.3 Å². The largest absolute Gasteiger partial charge is 0.481 e. The predicted octanol–water partition coefficient (Wildman–Crippen LogP) is 0.940. The SMILES string of the molecule is O=C(O)Cc1occc1C(=O)NC1CCC(O)CC1. The molecule has 1 aliphatic carbocycles. The van der Waals surface area contributed by atoms with E-state index in [1.807, 2.05) is 0 Å². The van der Waals surface area contributed by atoms with E-state index in [4.69, 9.17) is 9.52 Å². The van der Waals surface area contributed by atoms with Gasteiger partial charge >= 0.3 is 5.97 Å². The molecular weight excluding hydrogens is 250 g/mol. The molecule has 0 unspecified atom stereocenters. The van der Waals surface area contributed by atoms with Crippen molar-refractivity contribution >= 4 is 11.9 Å². The molecule has 6 heteroatoms. The summed E-state index contributed by atoms with van der Waals surface area (Å²) in [6.07, 6.45) is 3.57. The molecule has 1 amide bonds. The van der Waals surface area contributed by atoms with Crippen LogP contribution in [0.4, 0.5) is 0 Å². The van der Waals surface area contributed by atoms with Gasteiger partial charge in [0, 0.05) is 6.04 Å². The van der Waals surface area contributed by atoms with Crippen LogP contribution in [0.5, 0.6) is 0 Å². The molecule has 0 aliphatic heterocycles. The molecule has 6 nitrogen and oxygen atoms in total. The summed E-state index contributed by atoms with van der Waals surface area (Å²) in [5.41, 5.74) is 0.272. The lowest BCUT2D eigenvalue weighted by Crippen LogP contribution is -2.38. The second-order valence-electron chi connectivity index (χ2n) is 4.81. The van der Waals surface area contributed by atoms with Crippen molar-refractivity contribution in [1.82, 2.24) is 5.32 Å². The van der Waals surface area contributed by atoms with Crippen LogP contribution in [0.1, 0.15) is 41.8 Å². The van der Waals surface area contributed by atoms with Crippen molar-refractivity contribution in [3.8, 4) is 0 Å². The molecule has 1 aromatic heterocycles. The number of furan rings is 1. The van der Waals surface area contributed by atoms with E-state index >= 15 is 0 Å². The van der Waals surface area contributed by atoms with Crippen LogP contribution < -0.4 is 5.32 Å². The van der Waals surface area contributed by atoms with Gasteiger partial charge in [-0.2, -0.15) is 0 Å². The third-order valence-electron chi connectivity index (χ3n) is 3.33. The Hall–Kier alpha value is -1.82. The number of carboxylic acid groups (broad SMARTS) is 1. The number of carboxylic acids is 1. The first-order chi connectivity index (χ1) is 9.06. The highest BCUT2D eigenvalue weighted by Gasteiger charge is 2.23. The summed E-state index contributed by atoms with van der Waals surface area (Å²) in [6.45, 7) is 0.